The van der Waals surface area contributed by atoms with Crippen LogP contribution in [0.3, 0.4) is 0 Å². The first kappa shape index (κ1) is 10.7. The van der Waals surface area contributed by atoms with Gasteiger partial charge in [-0.25, -0.2) is 0 Å². The molecule has 88 valence electrons. The van der Waals surface area contributed by atoms with Crippen molar-refractivity contribution in [1.29, 1.82) is 0 Å². The van der Waals surface area contributed by atoms with Crippen molar-refractivity contribution in [3.05, 3.63) is 58.4 Å². The van der Waals surface area contributed by atoms with Crippen LogP contribution in [0.2, 0.25) is 0 Å². The molecular weight excluding hydrogens is 226 g/mol. The Balaban J connectivity index is 2.53. The summed E-state index contributed by atoms with van der Waals surface area (Å²) in [5.41, 5.74) is 0.632. The highest BCUT2D eigenvalue weighted by molar-refractivity contribution is 6.08. The lowest BCUT2D eigenvalue weighted by Crippen LogP contribution is -2.15. The molecule has 0 atom stereocenters. The van der Waals surface area contributed by atoms with E-state index in [1.54, 1.807) is 6.07 Å². The summed E-state index contributed by atoms with van der Waals surface area (Å²) in [5.74, 6) is -0.217. The maximum atomic E-state index is 11.7. The molecule has 0 unspecified atom stereocenters. The van der Waals surface area contributed by atoms with Crippen molar-refractivity contribution >= 4 is 27.5 Å². The minimum atomic E-state index is -0.328. The van der Waals surface area contributed by atoms with E-state index in [2.05, 4.69) is 4.98 Å². The lowest BCUT2D eigenvalue weighted by atomic mass is 10.0. The normalized spacial score (nSPS) is 10.9. The molecule has 0 aliphatic carbocycles. The van der Waals surface area contributed by atoms with Gasteiger partial charge in [-0.05, 0) is 29.8 Å². The highest BCUT2D eigenvalue weighted by atomic mass is 16.1. The maximum Gasteiger partial charge on any atom is 0.259 e. The summed E-state index contributed by atoms with van der Waals surface area (Å²) in [5, 5.41) is 3.03. The Labute approximate surface area is 103 Å². The molecule has 0 saturated heterocycles. The Kier molecular flexibility index (Phi) is 2.27. The molecule has 0 aliphatic heterocycles. The number of fused-ring (bicyclic) bond motifs is 3. The predicted octanol–water partition coefficient (Wildman–Crippen LogP) is 2.88. The summed E-state index contributed by atoms with van der Waals surface area (Å²) in [4.78, 5) is 25.9. The Morgan fingerprint density at radius 3 is 2.61 bits per heavy atom. The first-order valence-electron chi connectivity index (χ1n) is 5.72. The number of ketones is 1. The van der Waals surface area contributed by atoms with Gasteiger partial charge in [0.25, 0.3) is 5.56 Å². The minimum absolute atomic E-state index is 0.207. The number of benzene rings is 2. The zero-order valence-electron chi connectivity index (χ0n) is 9.86. The molecule has 0 spiro atoms. The Morgan fingerprint density at radius 1 is 1.06 bits per heavy atom. The molecule has 0 aliphatic rings. The van der Waals surface area contributed by atoms with Gasteiger partial charge in [-0.15, -0.1) is 0 Å². The zero-order valence-corrected chi connectivity index (χ0v) is 9.86. The summed E-state index contributed by atoms with van der Waals surface area (Å²) in [6, 6.07) is 13.4. The summed E-state index contributed by atoms with van der Waals surface area (Å²) < 4.78 is 0. The fourth-order valence-electron chi connectivity index (χ4n) is 2.22. The largest absolute Gasteiger partial charge is 0.321 e. The predicted molar refractivity (Wildman–Crippen MR) is 72.1 cm³/mol. The molecule has 0 amide bonds. The van der Waals surface area contributed by atoms with Crippen molar-refractivity contribution in [1.82, 2.24) is 4.98 Å². The lowest BCUT2D eigenvalue weighted by molar-refractivity contribution is 0.101. The SMILES string of the molecule is CC(=O)c1cc2c(ccc3ccccc32)[nH]c1=O. The molecule has 0 radical (unpaired) electrons. The fraction of sp³-hybridized carbons (Fsp3) is 0.0667. The van der Waals surface area contributed by atoms with Gasteiger partial charge in [0.15, 0.2) is 5.78 Å². The van der Waals surface area contributed by atoms with Crippen molar-refractivity contribution in [2.45, 2.75) is 6.92 Å². The Bertz CT molecular complexity index is 831. The van der Waals surface area contributed by atoms with Crippen LogP contribution in [0.4, 0.5) is 0 Å². The fourth-order valence-corrected chi connectivity index (χ4v) is 2.22. The van der Waals surface area contributed by atoms with E-state index in [0.717, 1.165) is 21.7 Å². The smallest absolute Gasteiger partial charge is 0.259 e. The lowest BCUT2D eigenvalue weighted by Gasteiger charge is -2.04. The Morgan fingerprint density at radius 2 is 1.83 bits per heavy atom. The van der Waals surface area contributed by atoms with Gasteiger partial charge in [0.05, 0.1) is 5.56 Å². The average Bonchev–Trinajstić information content (AvgIpc) is 2.37. The number of hydrogen-bond donors (Lipinski definition) is 1. The molecule has 3 heteroatoms. The Hall–Kier alpha value is -2.42. The van der Waals surface area contributed by atoms with Gasteiger partial charge in [-0.2, -0.15) is 0 Å². The molecule has 1 heterocycles. The molecule has 2 aromatic carbocycles. The first-order chi connectivity index (χ1) is 8.66. The van der Waals surface area contributed by atoms with E-state index in [4.69, 9.17) is 0 Å². The number of carbonyl (C=O) groups excluding carboxylic acids is 1. The number of nitrogens with one attached hydrogen (secondary N) is 1. The van der Waals surface area contributed by atoms with Crippen molar-refractivity contribution in [3.63, 3.8) is 0 Å². The number of hydrogen-bond acceptors (Lipinski definition) is 2. The van der Waals surface area contributed by atoms with E-state index in [-0.39, 0.29) is 16.9 Å². The molecule has 18 heavy (non-hydrogen) atoms. The quantitative estimate of drug-likeness (QED) is 0.522. The average molecular weight is 237 g/mol. The third-order valence-corrected chi connectivity index (χ3v) is 3.13. The molecule has 1 aromatic heterocycles. The second kappa shape index (κ2) is 3.81. The van der Waals surface area contributed by atoms with Gasteiger partial charge in [-0.1, -0.05) is 30.3 Å². The number of H-pyrrole nitrogens is 1. The first-order valence-corrected chi connectivity index (χ1v) is 5.72. The van der Waals surface area contributed by atoms with Crippen LogP contribution >= 0.6 is 0 Å². The molecule has 0 saturated carbocycles. The van der Waals surface area contributed by atoms with E-state index in [0.29, 0.717) is 0 Å². The molecular formula is C15H11NO2. The number of aromatic nitrogens is 1. The monoisotopic (exact) mass is 237 g/mol. The van der Waals surface area contributed by atoms with E-state index in [9.17, 15) is 9.59 Å². The molecule has 3 aromatic rings. The van der Waals surface area contributed by atoms with Crippen molar-refractivity contribution < 1.29 is 4.79 Å². The third-order valence-electron chi connectivity index (χ3n) is 3.13. The summed E-state index contributed by atoms with van der Waals surface area (Å²) >= 11 is 0. The summed E-state index contributed by atoms with van der Waals surface area (Å²) in [6.07, 6.45) is 0. The summed E-state index contributed by atoms with van der Waals surface area (Å²) in [6.45, 7) is 1.40. The van der Waals surface area contributed by atoms with Crippen LogP contribution in [0.25, 0.3) is 21.7 Å². The number of aromatic amines is 1. The van der Waals surface area contributed by atoms with E-state index in [1.165, 1.54) is 6.92 Å². The van der Waals surface area contributed by atoms with Crippen LogP contribution < -0.4 is 5.56 Å². The second-order valence-electron chi connectivity index (χ2n) is 4.32. The molecule has 0 bridgehead atoms. The van der Waals surface area contributed by atoms with E-state index in [1.807, 2.05) is 36.4 Å². The van der Waals surface area contributed by atoms with Gasteiger partial charge in [0.2, 0.25) is 0 Å². The minimum Gasteiger partial charge on any atom is -0.321 e. The molecule has 3 nitrogen and oxygen atoms in total. The molecule has 0 fully saturated rings. The summed E-state index contributed by atoms with van der Waals surface area (Å²) in [7, 11) is 0. The van der Waals surface area contributed by atoms with E-state index < -0.39 is 0 Å². The van der Waals surface area contributed by atoms with Crippen LogP contribution in [-0.4, -0.2) is 10.8 Å². The van der Waals surface area contributed by atoms with Crippen molar-refractivity contribution in [2.75, 3.05) is 0 Å². The number of rotatable bonds is 1. The maximum absolute atomic E-state index is 11.7. The van der Waals surface area contributed by atoms with Crippen LogP contribution in [0.15, 0.2) is 47.3 Å². The van der Waals surface area contributed by atoms with Gasteiger partial charge < -0.3 is 4.98 Å². The van der Waals surface area contributed by atoms with Crippen LogP contribution in [0, 0.1) is 0 Å². The zero-order chi connectivity index (χ0) is 12.7. The van der Waals surface area contributed by atoms with Gasteiger partial charge in [0.1, 0.15) is 0 Å². The van der Waals surface area contributed by atoms with Gasteiger partial charge in [-0.3, -0.25) is 9.59 Å². The van der Waals surface area contributed by atoms with E-state index >= 15 is 0 Å². The number of pyridine rings is 1. The number of Topliss-reactive ketones (excluding diaryl/α,β-unsaturated/α-hetero) is 1. The third kappa shape index (κ3) is 1.52. The van der Waals surface area contributed by atoms with Crippen molar-refractivity contribution in [2.24, 2.45) is 0 Å². The van der Waals surface area contributed by atoms with Gasteiger partial charge in [0, 0.05) is 10.9 Å². The van der Waals surface area contributed by atoms with Gasteiger partial charge >= 0.3 is 0 Å². The molecule has 1 N–H and O–H groups in total. The number of carbonyl (C=O) groups is 1. The second-order valence-corrected chi connectivity index (χ2v) is 4.32. The topological polar surface area (TPSA) is 49.9 Å². The van der Waals surface area contributed by atoms with Crippen molar-refractivity contribution in [3.8, 4) is 0 Å². The molecule has 3 rings (SSSR count). The van der Waals surface area contributed by atoms with Crippen LogP contribution in [0.1, 0.15) is 17.3 Å². The standard InChI is InChI=1S/C15H11NO2/c1-9(17)12-8-13-11-5-3-2-4-10(11)6-7-14(13)16-15(12)18/h2-8H,1H3,(H,16,18). The highest BCUT2D eigenvalue weighted by Crippen LogP contribution is 2.23. The van der Waals surface area contributed by atoms with Crippen LogP contribution in [-0.2, 0) is 0 Å². The highest BCUT2D eigenvalue weighted by Gasteiger charge is 2.08. The van der Waals surface area contributed by atoms with Crippen LogP contribution in [0.5, 0.6) is 0 Å².